The first-order valence-electron chi connectivity index (χ1n) is 6.59. The van der Waals surface area contributed by atoms with Crippen molar-refractivity contribution in [2.45, 2.75) is 37.4 Å². The number of hydrogen-bond acceptors (Lipinski definition) is 4. The van der Waals surface area contributed by atoms with Crippen LogP contribution in [0.25, 0.3) is 0 Å². The monoisotopic (exact) mass is 263 g/mol. The fourth-order valence-corrected chi connectivity index (χ4v) is 4.14. The van der Waals surface area contributed by atoms with E-state index >= 15 is 0 Å². The van der Waals surface area contributed by atoms with E-state index in [1.54, 1.807) is 0 Å². The van der Waals surface area contributed by atoms with Gasteiger partial charge in [-0.3, -0.25) is 0 Å². The lowest BCUT2D eigenvalue weighted by atomic mass is 9.80. The first-order valence-corrected chi connectivity index (χ1v) is 7.47. The van der Waals surface area contributed by atoms with E-state index in [1.807, 2.05) is 16.1 Å². The van der Waals surface area contributed by atoms with Gasteiger partial charge >= 0.3 is 0 Å². The number of aliphatic hydroxyl groups excluding tert-OH is 1. The maximum absolute atomic E-state index is 9.14. The van der Waals surface area contributed by atoms with Gasteiger partial charge in [0.2, 0.25) is 0 Å². The van der Waals surface area contributed by atoms with Crippen molar-refractivity contribution in [2.24, 2.45) is 0 Å². The van der Waals surface area contributed by atoms with Crippen LogP contribution in [0.5, 0.6) is 0 Å². The highest BCUT2D eigenvalue weighted by Crippen LogP contribution is 2.45. The van der Waals surface area contributed by atoms with Crippen LogP contribution in [0.15, 0.2) is 11.4 Å². The Bertz CT molecular complexity index is 415. The molecule has 1 fully saturated rings. The number of hydrogen-bond donors (Lipinski definition) is 1. The molecule has 0 amide bonds. The van der Waals surface area contributed by atoms with E-state index in [2.05, 4.69) is 11.4 Å². The van der Waals surface area contributed by atoms with E-state index in [0.717, 1.165) is 38.8 Å². The van der Waals surface area contributed by atoms with Crippen molar-refractivity contribution in [3.05, 3.63) is 21.9 Å². The Hall–Kier alpha value is -0.355. The second-order valence-electron chi connectivity index (χ2n) is 5.24. The predicted molar refractivity (Wildman–Crippen MR) is 72.8 cm³/mol. The molecule has 1 spiro atoms. The molecule has 3 rings (SSSR count). The van der Waals surface area contributed by atoms with E-state index in [4.69, 9.17) is 17.8 Å². The number of ether oxygens (including phenoxy) is 1. The molecule has 0 aromatic carbocycles. The summed E-state index contributed by atoms with van der Waals surface area (Å²) in [5.41, 5.74) is 1.22. The van der Waals surface area contributed by atoms with Crippen LogP contribution >= 0.6 is 11.3 Å². The van der Waals surface area contributed by atoms with Crippen LogP contribution in [0, 0.1) is 0 Å². The van der Waals surface area contributed by atoms with Crippen LogP contribution in [0.4, 0.5) is 0 Å². The van der Waals surface area contributed by atoms with Crippen LogP contribution in [0.3, 0.4) is 0 Å². The van der Waals surface area contributed by atoms with Gasteiger partial charge in [0.15, 0.2) is 7.98 Å². The third-order valence-electron chi connectivity index (χ3n) is 4.10. The zero-order chi connectivity index (χ0) is 12.6. The molecule has 5 heteroatoms. The summed E-state index contributed by atoms with van der Waals surface area (Å²) in [5, 5.41) is 11.3. The summed E-state index contributed by atoms with van der Waals surface area (Å²) in [5.74, 6) is 0. The Morgan fingerprint density at radius 3 is 3.00 bits per heavy atom. The lowest BCUT2D eigenvalue weighted by molar-refractivity contribution is -0.137. The minimum atomic E-state index is -0.150. The molecule has 1 N–H and O–H groups in total. The molecule has 0 bridgehead atoms. The second-order valence-corrected chi connectivity index (χ2v) is 6.24. The van der Waals surface area contributed by atoms with Crippen molar-refractivity contribution < 1.29 is 9.84 Å². The van der Waals surface area contributed by atoms with Crippen molar-refractivity contribution in [3.8, 4) is 0 Å². The van der Waals surface area contributed by atoms with E-state index in [9.17, 15) is 0 Å². The van der Waals surface area contributed by atoms with Gasteiger partial charge in [0.05, 0.1) is 11.7 Å². The molecule has 18 heavy (non-hydrogen) atoms. The first-order chi connectivity index (χ1) is 8.73. The molecular formula is C13H18BNO2S. The average Bonchev–Trinajstić information content (AvgIpc) is 2.83. The largest absolute Gasteiger partial charge is 0.396 e. The highest BCUT2D eigenvalue weighted by atomic mass is 32.1. The molecule has 0 saturated carbocycles. The summed E-state index contributed by atoms with van der Waals surface area (Å²) < 4.78 is 6.35. The van der Waals surface area contributed by atoms with Gasteiger partial charge in [0.1, 0.15) is 0 Å². The fraction of sp³-hybridized carbons (Fsp3) is 0.692. The summed E-state index contributed by atoms with van der Waals surface area (Å²) in [6.07, 6.45) is 3.74. The van der Waals surface area contributed by atoms with E-state index in [0.29, 0.717) is 0 Å². The van der Waals surface area contributed by atoms with Gasteiger partial charge in [-0.2, -0.15) is 0 Å². The number of aliphatic hydroxyl groups is 1. The van der Waals surface area contributed by atoms with Gasteiger partial charge in [-0.25, -0.2) is 0 Å². The van der Waals surface area contributed by atoms with E-state index in [1.165, 1.54) is 10.4 Å². The maximum Gasteiger partial charge on any atom is 0.182 e. The van der Waals surface area contributed by atoms with Gasteiger partial charge in [-0.1, -0.05) is 0 Å². The third-order valence-corrected chi connectivity index (χ3v) is 5.04. The average molecular weight is 263 g/mol. The van der Waals surface area contributed by atoms with Crippen molar-refractivity contribution in [1.29, 1.82) is 0 Å². The Labute approximate surface area is 113 Å². The molecule has 2 aliphatic heterocycles. The molecule has 3 nitrogen and oxygen atoms in total. The highest BCUT2D eigenvalue weighted by Gasteiger charge is 2.43. The third kappa shape index (κ3) is 2.13. The summed E-state index contributed by atoms with van der Waals surface area (Å²) >= 11 is 1.82. The van der Waals surface area contributed by atoms with Crippen LogP contribution in [-0.4, -0.2) is 43.7 Å². The van der Waals surface area contributed by atoms with Crippen LogP contribution in [0.1, 0.15) is 29.7 Å². The quantitative estimate of drug-likeness (QED) is 0.820. The van der Waals surface area contributed by atoms with Gasteiger partial charge in [0, 0.05) is 17.9 Å². The van der Waals surface area contributed by atoms with Crippen molar-refractivity contribution >= 4 is 19.3 Å². The SMILES string of the molecule is [B]N1CCC2(CC1)OC(CCO)Cc1sccc12. The van der Waals surface area contributed by atoms with Gasteiger partial charge in [-0.15, -0.1) is 11.3 Å². The fourth-order valence-electron chi connectivity index (χ4n) is 3.11. The molecule has 1 aromatic rings. The Morgan fingerprint density at radius 1 is 1.50 bits per heavy atom. The molecule has 96 valence electrons. The lowest BCUT2D eigenvalue weighted by Gasteiger charge is -2.46. The van der Waals surface area contributed by atoms with E-state index < -0.39 is 0 Å². The molecule has 2 aliphatic rings. The lowest BCUT2D eigenvalue weighted by Crippen LogP contribution is -2.47. The number of nitrogens with zero attached hydrogens (tertiary/aromatic N) is 1. The number of rotatable bonds is 2. The van der Waals surface area contributed by atoms with Crippen molar-refractivity contribution in [1.82, 2.24) is 4.81 Å². The van der Waals surface area contributed by atoms with Crippen molar-refractivity contribution in [2.75, 3.05) is 19.7 Å². The topological polar surface area (TPSA) is 32.7 Å². The molecule has 1 aromatic heterocycles. The predicted octanol–water partition coefficient (Wildman–Crippen LogP) is 1.45. The first kappa shape index (κ1) is 12.7. The Kier molecular flexibility index (Phi) is 3.49. The zero-order valence-electron chi connectivity index (χ0n) is 10.5. The minimum absolute atomic E-state index is 0.150. The molecular weight excluding hydrogens is 245 g/mol. The zero-order valence-corrected chi connectivity index (χ0v) is 11.3. The van der Waals surface area contributed by atoms with Gasteiger partial charge in [-0.05, 0) is 49.4 Å². The standard InChI is InChI=1S/C13H18BNO2S/c14-15-5-3-13(4-6-15)11-2-8-18-12(11)9-10(17-13)1-7-16/h2,8,10,16H,1,3-7,9H2. The van der Waals surface area contributed by atoms with Crippen LogP contribution in [0.2, 0.25) is 0 Å². The number of piperidine rings is 1. The maximum atomic E-state index is 9.14. The summed E-state index contributed by atoms with van der Waals surface area (Å²) in [4.78, 5) is 3.31. The number of thiophene rings is 1. The Morgan fingerprint density at radius 2 is 2.28 bits per heavy atom. The molecule has 1 unspecified atom stereocenters. The normalized spacial score (nSPS) is 27.3. The molecule has 1 saturated heterocycles. The summed E-state index contributed by atoms with van der Waals surface area (Å²) in [6.45, 7) is 1.95. The molecule has 0 aliphatic carbocycles. The van der Waals surface area contributed by atoms with Crippen LogP contribution in [-0.2, 0) is 16.8 Å². The smallest absolute Gasteiger partial charge is 0.182 e. The Balaban J connectivity index is 1.89. The molecule has 1 atom stereocenters. The number of fused-ring (bicyclic) bond motifs is 2. The molecule has 2 radical (unpaired) electrons. The summed E-state index contributed by atoms with van der Waals surface area (Å²) in [6, 6.07) is 2.21. The minimum Gasteiger partial charge on any atom is -0.396 e. The van der Waals surface area contributed by atoms with Gasteiger partial charge in [0.25, 0.3) is 0 Å². The molecule has 3 heterocycles. The highest BCUT2D eigenvalue weighted by molar-refractivity contribution is 7.10. The summed E-state index contributed by atoms with van der Waals surface area (Å²) in [7, 11) is 5.85. The second kappa shape index (κ2) is 4.97. The van der Waals surface area contributed by atoms with Crippen molar-refractivity contribution in [3.63, 3.8) is 0 Å². The van der Waals surface area contributed by atoms with Crippen LogP contribution < -0.4 is 0 Å². The van der Waals surface area contributed by atoms with E-state index in [-0.39, 0.29) is 18.3 Å². The van der Waals surface area contributed by atoms with Gasteiger partial charge < -0.3 is 14.7 Å².